The molecule has 1 aromatic rings. The van der Waals surface area contributed by atoms with Gasteiger partial charge in [0.2, 0.25) is 5.91 Å². The van der Waals surface area contributed by atoms with Crippen LogP contribution in [0, 0.1) is 0 Å². The quantitative estimate of drug-likeness (QED) is 0.585. The standard InChI is InChI=1S/C12H17NO2S/c1-2-15-9-4-8-13-12(14)7-6-11-5-3-10-16-11/h3,5-7,10H,2,4,8-9H2,1H3,(H,13,14). The maximum atomic E-state index is 11.3. The number of thiophene rings is 1. The van der Waals surface area contributed by atoms with E-state index in [1.54, 1.807) is 17.4 Å². The summed E-state index contributed by atoms with van der Waals surface area (Å²) in [5.41, 5.74) is 0. The van der Waals surface area contributed by atoms with Crippen LogP contribution in [-0.2, 0) is 9.53 Å². The molecule has 88 valence electrons. The van der Waals surface area contributed by atoms with Crippen molar-refractivity contribution in [1.29, 1.82) is 0 Å². The second kappa shape index (κ2) is 8.07. The number of nitrogens with one attached hydrogen (secondary N) is 1. The smallest absolute Gasteiger partial charge is 0.244 e. The molecule has 0 saturated heterocycles. The fraction of sp³-hybridized carbons (Fsp3) is 0.417. The van der Waals surface area contributed by atoms with Crippen molar-refractivity contribution in [3.05, 3.63) is 28.5 Å². The van der Waals surface area contributed by atoms with Crippen LogP contribution in [0.25, 0.3) is 6.08 Å². The Kier molecular flexibility index (Phi) is 6.53. The fourth-order valence-corrected chi connectivity index (χ4v) is 1.75. The summed E-state index contributed by atoms with van der Waals surface area (Å²) in [6.45, 7) is 4.05. The van der Waals surface area contributed by atoms with Crippen LogP contribution in [0.1, 0.15) is 18.2 Å². The molecule has 1 N–H and O–H groups in total. The molecule has 0 aliphatic rings. The van der Waals surface area contributed by atoms with Crippen molar-refractivity contribution in [3.63, 3.8) is 0 Å². The topological polar surface area (TPSA) is 38.3 Å². The van der Waals surface area contributed by atoms with Crippen molar-refractivity contribution in [1.82, 2.24) is 5.32 Å². The molecule has 0 saturated carbocycles. The molecule has 1 amide bonds. The third kappa shape index (κ3) is 5.68. The third-order valence-corrected chi connectivity index (χ3v) is 2.75. The number of carbonyl (C=O) groups excluding carboxylic acids is 1. The van der Waals surface area contributed by atoms with Gasteiger partial charge < -0.3 is 10.1 Å². The summed E-state index contributed by atoms with van der Waals surface area (Å²) in [5, 5.41) is 4.79. The van der Waals surface area contributed by atoms with E-state index >= 15 is 0 Å². The zero-order valence-corrected chi connectivity index (χ0v) is 10.3. The van der Waals surface area contributed by atoms with Gasteiger partial charge in [-0.1, -0.05) is 6.07 Å². The molecule has 1 heterocycles. The normalized spacial score (nSPS) is 10.8. The molecule has 0 aromatic carbocycles. The first kappa shape index (κ1) is 12.9. The lowest BCUT2D eigenvalue weighted by molar-refractivity contribution is -0.116. The van der Waals surface area contributed by atoms with Gasteiger partial charge in [0.25, 0.3) is 0 Å². The van der Waals surface area contributed by atoms with Crippen LogP contribution >= 0.6 is 11.3 Å². The third-order valence-electron chi connectivity index (χ3n) is 1.91. The molecule has 1 rings (SSSR count). The Morgan fingerprint density at radius 2 is 2.50 bits per heavy atom. The van der Waals surface area contributed by atoms with E-state index in [0.717, 1.165) is 17.9 Å². The van der Waals surface area contributed by atoms with E-state index in [1.807, 2.05) is 30.5 Å². The van der Waals surface area contributed by atoms with E-state index in [1.165, 1.54) is 0 Å². The lowest BCUT2D eigenvalue weighted by Crippen LogP contribution is -2.23. The van der Waals surface area contributed by atoms with Crippen LogP contribution in [0.5, 0.6) is 0 Å². The molecule has 4 heteroatoms. The van der Waals surface area contributed by atoms with Crippen molar-refractivity contribution in [2.24, 2.45) is 0 Å². The van der Waals surface area contributed by atoms with E-state index in [4.69, 9.17) is 4.74 Å². The number of hydrogen-bond donors (Lipinski definition) is 1. The Morgan fingerprint density at radius 1 is 1.62 bits per heavy atom. The molecule has 0 bridgehead atoms. The van der Waals surface area contributed by atoms with E-state index < -0.39 is 0 Å². The number of amides is 1. The summed E-state index contributed by atoms with van der Waals surface area (Å²) in [6, 6.07) is 3.94. The highest BCUT2D eigenvalue weighted by atomic mass is 32.1. The highest BCUT2D eigenvalue weighted by Gasteiger charge is 1.94. The maximum Gasteiger partial charge on any atom is 0.244 e. The average Bonchev–Trinajstić information content (AvgIpc) is 2.79. The van der Waals surface area contributed by atoms with E-state index in [2.05, 4.69) is 5.32 Å². The SMILES string of the molecule is CCOCCCNC(=O)C=Cc1cccs1. The van der Waals surface area contributed by atoms with Crippen LogP contribution in [0.15, 0.2) is 23.6 Å². The Bertz CT molecular complexity index is 320. The highest BCUT2D eigenvalue weighted by molar-refractivity contribution is 7.10. The van der Waals surface area contributed by atoms with Crippen molar-refractivity contribution in [2.45, 2.75) is 13.3 Å². The van der Waals surface area contributed by atoms with Crippen LogP contribution in [-0.4, -0.2) is 25.7 Å². The van der Waals surface area contributed by atoms with E-state index in [0.29, 0.717) is 13.2 Å². The first-order chi connectivity index (χ1) is 7.83. The van der Waals surface area contributed by atoms with Crippen molar-refractivity contribution < 1.29 is 9.53 Å². The fourth-order valence-electron chi connectivity index (χ4n) is 1.13. The van der Waals surface area contributed by atoms with Crippen LogP contribution in [0.2, 0.25) is 0 Å². The Balaban J connectivity index is 2.11. The minimum absolute atomic E-state index is 0.0510. The minimum atomic E-state index is -0.0510. The molecule has 0 fully saturated rings. The van der Waals surface area contributed by atoms with Gasteiger partial charge in [0.05, 0.1) is 0 Å². The minimum Gasteiger partial charge on any atom is -0.382 e. The lowest BCUT2D eigenvalue weighted by atomic mass is 10.4. The van der Waals surface area contributed by atoms with Crippen LogP contribution < -0.4 is 5.32 Å². The van der Waals surface area contributed by atoms with E-state index in [9.17, 15) is 4.79 Å². The molecule has 0 spiro atoms. The Labute approximate surface area is 100 Å². The second-order valence-electron chi connectivity index (χ2n) is 3.19. The van der Waals surface area contributed by atoms with Crippen molar-refractivity contribution >= 4 is 23.3 Å². The first-order valence-electron chi connectivity index (χ1n) is 5.40. The zero-order chi connectivity index (χ0) is 11.6. The van der Waals surface area contributed by atoms with Crippen molar-refractivity contribution in [2.75, 3.05) is 19.8 Å². The lowest BCUT2D eigenvalue weighted by Gasteiger charge is -2.01. The average molecular weight is 239 g/mol. The largest absolute Gasteiger partial charge is 0.382 e. The Hall–Kier alpha value is -1.13. The monoisotopic (exact) mass is 239 g/mol. The number of ether oxygens (including phenoxy) is 1. The summed E-state index contributed by atoms with van der Waals surface area (Å²) >= 11 is 1.61. The van der Waals surface area contributed by atoms with Gasteiger partial charge in [-0.2, -0.15) is 0 Å². The molecule has 1 aromatic heterocycles. The molecule has 0 atom stereocenters. The molecule has 16 heavy (non-hydrogen) atoms. The Morgan fingerprint density at radius 3 is 3.19 bits per heavy atom. The first-order valence-corrected chi connectivity index (χ1v) is 6.28. The van der Waals surface area contributed by atoms with Gasteiger partial charge in [-0.15, -0.1) is 11.3 Å². The van der Waals surface area contributed by atoms with Gasteiger partial charge in [-0.3, -0.25) is 4.79 Å². The zero-order valence-electron chi connectivity index (χ0n) is 9.44. The molecule has 0 aliphatic carbocycles. The summed E-state index contributed by atoms with van der Waals surface area (Å²) in [4.78, 5) is 12.4. The predicted molar refractivity (Wildman–Crippen MR) is 67.5 cm³/mol. The van der Waals surface area contributed by atoms with Crippen LogP contribution in [0.4, 0.5) is 0 Å². The second-order valence-corrected chi connectivity index (χ2v) is 4.17. The van der Waals surface area contributed by atoms with Crippen LogP contribution in [0.3, 0.4) is 0 Å². The summed E-state index contributed by atoms with van der Waals surface area (Å²) in [6.07, 6.45) is 4.24. The van der Waals surface area contributed by atoms with Gasteiger partial charge in [-0.25, -0.2) is 0 Å². The summed E-state index contributed by atoms with van der Waals surface area (Å²) in [7, 11) is 0. The molecule has 0 radical (unpaired) electrons. The van der Waals surface area contributed by atoms with Gasteiger partial charge in [-0.05, 0) is 30.9 Å². The van der Waals surface area contributed by atoms with Gasteiger partial charge in [0.15, 0.2) is 0 Å². The van der Waals surface area contributed by atoms with Gasteiger partial charge in [0.1, 0.15) is 0 Å². The predicted octanol–water partition coefficient (Wildman–Crippen LogP) is 2.30. The molecular weight excluding hydrogens is 222 g/mol. The van der Waals surface area contributed by atoms with Crippen molar-refractivity contribution in [3.8, 4) is 0 Å². The number of hydrogen-bond acceptors (Lipinski definition) is 3. The molecular formula is C12H17NO2S. The van der Waals surface area contributed by atoms with E-state index in [-0.39, 0.29) is 5.91 Å². The summed E-state index contributed by atoms with van der Waals surface area (Å²) in [5.74, 6) is -0.0510. The highest BCUT2D eigenvalue weighted by Crippen LogP contribution is 2.09. The molecule has 0 aliphatic heterocycles. The maximum absolute atomic E-state index is 11.3. The number of rotatable bonds is 7. The van der Waals surface area contributed by atoms with Gasteiger partial charge in [0, 0.05) is 30.7 Å². The summed E-state index contributed by atoms with van der Waals surface area (Å²) < 4.78 is 5.17. The molecule has 3 nitrogen and oxygen atoms in total. The molecule has 0 unspecified atom stereocenters. The number of carbonyl (C=O) groups is 1. The van der Waals surface area contributed by atoms with Gasteiger partial charge >= 0.3 is 0 Å².